The van der Waals surface area contributed by atoms with Crippen LogP contribution in [-0.2, 0) is 6.61 Å². The fourth-order valence-electron chi connectivity index (χ4n) is 3.77. The predicted molar refractivity (Wildman–Crippen MR) is 142 cm³/mol. The fourth-order valence-corrected chi connectivity index (χ4v) is 4.36. The van der Waals surface area contributed by atoms with Gasteiger partial charge in [0.1, 0.15) is 6.61 Å². The number of ether oxygens (including phenoxy) is 2. The van der Waals surface area contributed by atoms with Crippen LogP contribution in [-0.4, -0.2) is 32.3 Å². The molecule has 0 spiro atoms. The number of hydrazone groups is 1. The van der Waals surface area contributed by atoms with Gasteiger partial charge in [-0.25, -0.2) is 5.43 Å². The maximum Gasteiger partial charge on any atom is 0.271 e. The summed E-state index contributed by atoms with van der Waals surface area (Å²) in [6.45, 7) is 2.34. The molecule has 6 nitrogen and oxygen atoms in total. The summed E-state index contributed by atoms with van der Waals surface area (Å²) >= 11 is 18.5. The highest BCUT2D eigenvalue weighted by Crippen LogP contribution is 2.37. The van der Waals surface area contributed by atoms with Crippen LogP contribution in [0.4, 0.5) is 5.69 Å². The van der Waals surface area contributed by atoms with E-state index in [4.69, 9.17) is 44.3 Å². The summed E-state index contributed by atoms with van der Waals surface area (Å²) in [6.07, 6.45) is 3.90. The second kappa shape index (κ2) is 11.7. The van der Waals surface area contributed by atoms with Gasteiger partial charge in [0.05, 0.1) is 28.4 Å². The van der Waals surface area contributed by atoms with Gasteiger partial charge < -0.3 is 14.4 Å². The molecule has 1 aliphatic rings. The van der Waals surface area contributed by atoms with Gasteiger partial charge in [-0.3, -0.25) is 4.79 Å². The van der Waals surface area contributed by atoms with Crippen molar-refractivity contribution in [3.05, 3.63) is 86.4 Å². The molecule has 3 aromatic carbocycles. The molecule has 35 heavy (non-hydrogen) atoms. The van der Waals surface area contributed by atoms with E-state index in [1.54, 1.807) is 36.4 Å². The number of carbonyl (C=O) groups excluding carboxylic acids is 1. The Morgan fingerprint density at radius 1 is 1.00 bits per heavy atom. The van der Waals surface area contributed by atoms with Crippen molar-refractivity contribution in [2.45, 2.75) is 19.4 Å². The van der Waals surface area contributed by atoms with Gasteiger partial charge >= 0.3 is 0 Å². The molecule has 0 saturated carbocycles. The maximum atomic E-state index is 12.4. The third-order valence-corrected chi connectivity index (χ3v) is 6.62. The largest absolute Gasteiger partial charge is 0.493 e. The standard InChI is InChI=1S/C26H24Cl3N3O3/c1-34-24-14-18(13-23(29)25(24)35-16-17-4-9-21(27)22(28)12-17)15-30-31-26(33)19-5-7-20(8-6-19)32-10-2-3-11-32/h4-9,12-15H,2-3,10-11,16H2,1H3,(H,31,33)/b30-15-. The van der Waals surface area contributed by atoms with Crippen LogP contribution in [0.15, 0.2) is 59.7 Å². The lowest BCUT2D eigenvalue weighted by molar-refractivity contribution is 0.0955. The van der Waals surface area contributed by atoms with Crippen molar-refractivity contribution in [2.75, 3.05) is 25.1 Å². The molecule has 1 amide bonds. The second-order valence-electron chi connectivity index (χ2n) is 8.01. The number of methoxy groups -OCH3 is 1. The minimum atomic E-state index is -0.297. The Bertz CT molecular complexity index is 1230. The van der Waals surface area contributed by atoms with Crippen molar-refractivity contribution < 1.29 is 14.3 Å². The minimum absolute atomic E-state index is 0.229. The number of amides is 1. The van der Waals surface area contributed by atoms with Crippen LogP contribution in [0.25, 0.3) is 0 Å². The highest BCUT2D eigenvalue weighted by Gasteiger charge is 2.14. The first kappa shape index (κ1) is 25.2. The molecule has 0 radical (unpaired) electrons. The average Bonchev–Trinajstić information content (AvgIpc) is 3.40. The molecule has 182 valence electrons. The average molecular weight is 533 g/mol. The number of hydrogen-bond acceptors (Lipinski definition) is 5. The molecule has 3 aromatic rings. The van der Waals surface area contributed by atoms with Crippen LogP contribution in [0.1, 0.15) is 34.3 Å². The normalized spacial score (nSPS) is 13.3. The van der Waals surface area contributed by atoms with Crippen molar-refractivity contribution in [2.24, 2.45) is 5.10 Å². The van der Waals surface area contributed by atoms with E-state index in [1.165, 1.54) is 26.2 Å². The lowest BCUT2D eigenvalue weighted by atomic mass is 10.2. The number of nitrogens with zero attached hydrogens (tertiary/aromatic N) is 2. The summed E-state index contributed by atoms with van der Waals surface area (Å²) in [5.74, 6) is 0.524. The number of anilines is 1. The van der Waals surface area contributed by atoms with Gasteiger partial charge in [-0.15, -0.1) is 0 Å². The molecule has 1 saturated heterocycles. The SMILES string of the molecule is COc1cc(/C=N\NC(=O)c2ccc(N3CCCC3)cc2)cc(Cl)c1OCc1ccc(Cl)c(Cl)c1. The number of halogens is 3. The van der Waals surface area contributed by atoms with Gasteiger partial charge in [0.2, 0.25) is 0 Å². The predicted octanol–water partition coefficient (Wildman–Crippen LogP) is 6.60. The van der Waals surface area contributed by atoms with Crippen molar-refractivity contribution >= 4 is 52.6 Å². The summed E-state index contributed by atoms with van der Waals surface area (Å²) in [4.78, 5) is 14.8. The Morgan fingerprint density at radius 2 is 1.74 bits per heavy atom. The lowest BCUT2D eigenvalue weighted by Crippen LogP contribution is -2.19. The number of benzene rings is 3. The maximum absolute atomic E-state index is 12.4. The monoisotopic (exact) mass is 531 g/mol. The molecule has 4 rings (SSSR count). The smallest absolute Gasteiger partial charge is 0.271 e. The Morgan fingerprint density at radius 3 is 2.43 bits per heavy atom. The first-order valence-corrected chi connectivity index (χ1v) is 12.2. The Labute approximate surface area is 219 Å². The van der Waals surface area contributed by atoms with E-state index in [0.717, 1.165) is 24.3 Å². The summed E-state index contributed by atoms with van der Waals surface area (Å²) in [6, 6.07) is 16.2. The number of nitrogens with one attached hydrogen (secondary N) is 1. The molecule has 0 bridgehead atoms. The van der Waals surface area contributed by atoms with Crippen LogP contribution in [0.2, 0.25) is 15.1 Å². The molecular formula is C26H24Cl3N3O3. The van der Waals surface area contributed by atoms with Crippen molar-refractivity contribution in [1.29, 1.82) is 0 Å². The topological polar surface area (TPSA) is 63.2 Å². The van der Waals surface area contributed by atoms with Crippen molar-refractivity contribution in [1.82, 2.24) is 5.43 Å². The lowest BCUT2D eigenvalue weighted by Gasteiger charge is -2.17. The third-order valence-electron chi connectivity index (χ3n) is 5.60. The van der Waals surface area contributed by atoms with E-state index in [2.05, 4.69) is 15.4 Å². The van der Waals surface area contributed by atoms with Gasteiger partial charge in [0.15, 0.2) is 11.5 Å². The molecule has 0 unspecified atom stereocenters. The molecule has 1 heterocycles. The summed E-state index contributed by atoms with van der Waals surface area (Å²) in [5.41, 5.74) is 5.68. The molecule has 0 atom stereocenters. The quantitative estimate of drug-likeness (QED) is 0.262. The summed E-state index contributed by atoms with van der Waals surface area (Å²) in [5, 5.41) is 5.32. The van der Waals surface area contributed by atoms with Gasteiger partial charge in [-0.1, -0.05) is 40.9 Å². The number of carbonyl (C=O) groups is 1. The van der Waals surface area contributed by atoms with Crippen LogP contribution in [0.5, 0.6) is 11.5 Å². The van der Waals surface area contributed by atoms with Gasteiger partial charge in [-0.2, -0.15) is 5.10 Å². The van der Waals surface area contributed by atoms with Gasteiger partial charge in [0, 0.05) is 24.3 Å². The zero-order chi connectivity index (χ0) is 24.8. The second-order valence-corrected chi connectivity index (χ2v) is 9.23. The van der Waals surface area contributed by atoms with E-state index < -0.39 is 0 Å². The molecule has 1 N–H and O–H groups in total. The van der Waals surface area contributed by atoms with Gasteiger partial charge in [-0.05, 0) is 72.5 Å². The van der Waals surface area contributed by atoms with Gasteiger partial charge in [0.25, 0.3) is 5.91 Å². The van der Waals surface area contributed by atoms with E-state index in [0.29, 0.717) is 37.7 Å². The third kappa shape index (κ3) is 6.40. The first-order valence-electron chi connectivity index (χ1n) is 11.1. The molecule has 0 aliphatic carbocycles. The molecular weight excluding hydrogens is 509 g/mol. The minimum Gasteiger partial charge on any atom is -0.493 e. The van der Waals surface area contributed by atoms with Crippen LogP contribution >= 0.6 is 34.8 Å². The van der Waals surface area contributed by atoms with E-state index >= 15 is 0 Å². The molecule has 9 heteroatoms. The highest BCUT2D eigenvalue weighted by atomic mass is 35.5. The summed E-state index contributed by atoms with van der Waals surface area (Å²) < 4.78 is 11.3. The van der Waals surface area contributed by atoms with Crippen LogP contribution < -0.4 is 19.8 Å². The van der Waals surface area contributed by atoms with Crippen molar-refractivity contribution in [3.63, 3.8) is 0 Å². The Balaban J connectivity index is 1.38. The van der Waals surface area contributed by atoms with Crippen molar-refractivity contribution in [3.8, 4) is 11.5 Å². The number of hydrogen-bond donors (Lipinski definition) is 1. The van der Waals surface area contributed by atoms with E-state index in [-0.39, 0.29) is 12.5 Å². The van der Waals surface area contributed by atoms with E-state index in [9.17, 15) is 4.79 Å². The van der Waals surface area contributed by atoms with Crippen LogP contribution in [0, 0.1) is 0 Å². The fraction of sp³-hybridized carbons (Fsp3) is 0.231. The Hall–Kier alpha value is -2.93. The number of rotatable bonds is 8. The highest BCUT2D eigenvalue weighted by molar-refractivity contribution is 6.42. The van der Waals surface area contributed by atoms with Crippen LogP contribution in [0.3, 0.4) is 0 Å². The molecule has 1 aliphatic heterocycles. The van der Waals surface area contributed by atoms with E-state index in [1.807, 2.05) is 18.2 Å². The first-order chi connectivity index (χ1) is 16.9. The Kier molecular flexibility index (Phi) is 8.39. The molecule has 0 aromatic heterocycles. The molecule has 1 fully saturated rings. The zero-order valence-corrected chi connectivity index (χ0v) is 21.3. The summed E-state index contributed by atoms with van der Waals surface area (Å²) in [7, 11) is 1.52. The zero-order valence-electron chi connectivity index (χ0n) is 19.1.